The number of aromatic amines is 1. The number of methoxy groups -OCH3 is 1. The number of aryl methyl sites for hydroxylation is 1. The van der Waals surface area contributed by atoms with Crippen molar-refractivity contribution in [3.63, 3.8) is 0 Å². The van der Waals surface area contributed by atoms with Gasteiger partial charge in [0, 0.05) is 0 Å². The largest absolute Gasteiger partial charge is 0.486 e. The van der Waals surface area contributed by atoms with Crippen molar-refractivity contribution in [2.45, 2.75) is 18.9 Å². The smallest absolute Gasteiger partial charge is 0.240 e. The second-order valence-corrected chi connectivity index (χ2v) is 6.14. The van der Waals surface area contributed by atoms with Gasteiger partial charge in [-0.3, -0.25) is 5.10 Å². The second-order valence-electron chi connectivity index (χ2n) is 5.73. The third-order valence-electron chi connectivity index (χ3n) is 4.34. The van der Waals surface area contributed by atoms with Crippen LogP contribution in [0.2, 0.25) is 5.02 Å². The SMILES string of the molecule is COc1n[nH]c2ccc(O[C@@H]3CCc4cc(C#N)c(Cl)cc43)cc12. The molecule has 1 N–H and O–H groups in total. The number of fused-ring (bicyclic) bond motifs is 2. The number of nitrogens with one attached hydrogen (secondary N) is 1. The molecule has 0 fully saturated rings. The predicted octanol–water partition coefficient (Wildman–Crippen LogP) is 4.16. The molecule has 0 amide bonds. The molecular weight excluding hydrogens is 326 g/mol. The van der Waals surface area contributed by atoms with Crippen molar-refractivity contribution in [3.05, 3.63) is 52.0 Å². The number of halogens is 1. The summed E-state index contributed by atoms with van der Waals surface area (Å²) in [5.41, 5.74) is 3.59. The number of ether oxygens (including phenoxy) is 2. The molecule has 0 aliphatic heterocycles. The van der Waals surface area contributed by atoms with Crippen molar-refractivity contribution in [1.29, 1.82) is 5.26 Å². The summed E-state index contributed by atoms with van der Waals surface area (Å²) in [6.45, 7) is 0. The van der Waals surface area contributed by atoms with E-state index in [1.54, 1.807) is 7.11 Å². The monoisotopic (exact) mass is 339 g/mol. The summed E-state index contributed by atoms with van der Waals surface area (Å²) >= 11 is 6.17. The first-order valence-electron chi connectivity index (χ1n) is 7.61. The molecule has 2 aromatic carbocycles. The van der Waals surface area contributed by atoms with Gasteiger partial charge in [-0.1, -0.05) is 11.6 Å². The first-order valence-corrected chi connectivity index (χ1v) is 7.98. The number of nitriles is 1. The molecule has 1 aliphatic carbocycles. The molecule has 0 saturated carbocycles. The quantitative estimate of drug-likeness (QED) is 0.777. The first kappa shape index (κ1) is 14.9. The summed E-state index contributed by atoms with van der Waals surface area (Å²) in [6.07, 6.45) is 1.67. The van der Waals surface area contributed by atoms with E-state index in [4.69, 9.17) is 26.3 Å². The Morgan fingerprint density at radius 2 is 2.21 bits per heavy atom. The number of aromatic nitrogens is 2. The highest BCUT2D eigenvalue weighted by Crippen LogP contribution is 2.38. The summed E-state index contributed by atoms with van der Waals surface area (Å²) in [5.74, 6) is 1.30. The summed E-state index contributed by atoms with van der Waals surface area (Å²) in [6, 6.07) is 11.6. The predicted molar refractivity (Wildman–Crippen MR) is 90.5 cm³/mol. The average Bonchev–Trinajstić information content (AvgIpc) is 3.18. The van der Waals surface area contributed by atoms with Gasteiger partial charge in [0.05, 0.1) is 28.6 Å². The molecule has 0 spiro atoms. The summed E-state index contributed by atoms with van der Waals surface area (Å²) < 4.78 is 11.4. The fourth-order valence-electron chi connectivity index (χ4n) is 3.16. The molecule has 6 heteroatoms. The van der Waals surface area contributed by atoms with Crippen molar-refractivity contribution in [3.8, 4) is 17.7 Å². The Labute approximate surface area is 143 Å². The van der Waals surface area contributed by atoms with Crippen LogP contribution in [0.1, 0.15) is 29.2 Å². The second kappa shape index (κ2) is 5.73. The molecule has 1 aliphatic rings. The van der Waals surface area contributed by atoms with Gasteiger partial charge in [-0.15, -0.1) is 5.10 Å². The number of rotatable bonds is 3. The Hall–Kier alpha value is -2.71. The van der Waals surface area contributed by atoms with Gasteiger partial charge in [0.2, 0.25) is 5.88 Å². The van der Waals surface area contributed by atoms with E-state index in [0.29, 0.717) is 16.5 Å². The van der Waals surface area contributed by atoms with E-state index in [9.17, 15) is 0 Å². The van der Waals surface area contributed by atoms with Gasteiger partial charge in [0.25, 0.3) is 0 Å². The van der Waals surface area contributed by atoms with Crippen LogP contribution in [-0.4, -0.2) is 17.3 Å². The molecule has 1 heterocycles. The zero-order chi connectivity index (χ0) is 16.7. The Kier molecular flexibility index (Phi) is 3.55. The molecule has 120 valence electrons. The zero-order valence-corrected chi connectivity index (χ0v) is 13.7. The van der Waals surface area contributed by atoms with Crippen LogP contribution in [-0.2, 0) is 6.42 Å². The van der Waals surface area contributed by atoms with Crippen LogP contribution in [0.3, 0.4) is 0 Å². The maximum Gasteiger partial charge on any atom is 0.240 e. The lowest BCUT2D eigenvalue weighted by atomic mass is 10.1. The number of hydrogen-bond acceptors (Lipinski definition) is 4. The van der Waals surface area contributed by atoms with E-state index >= 15 is 0 Å². The van der Waals surface area contributed by atoms with E-state index < -0.39 is 0 Å². The molecule has 0 radical (unpaired) electrons. The molecule has 5 nitrogen and oxygen atoms in total. The van der Waals surface area contributed by atoms with Gasteiger partial charge in [0.15, 0.2) is 0 Å². The van der Waals surface area contributed by atoms with E-state index in [2.05, 4.69) is 16.3 Å². The fourth-order valence-corrected chi connectivity index (χ4v) is 3.38. The Morgan fingerprint density at radius 1 is 1.33 bits per heavy atom. The van der Waals surface area contributed by atoms with Crippen LogP contribution >= 0.6 is 11.6 Å². The number of H-pyrrole nitrogens is 1. The van der Waals surface area contributed by atoms with Crippen molar-refractivity contribution < 1.29 is 9.47 Å². The van der Waals surface area contributed by atoms with Crippen molar-refractivity contribution in [2.24, 2.45) is 0 Å². The third kappa shape index (κ3) is 2.36. The Morgan fingerprint density at radius 3 is 3.00 bits per heavy atom. The van der Waals surface area contributed by atoms with Crippen LogP contribution in [0.15, 0.2) is 30.3 Å². The van der Waals surface area contributed by atoms with Crippen molar-refractivity contribution in [1.82, 2.24) is 10.2 Å². The Bertz CT molecular complexity index is 974. The minimum absolute atomic E-state index is 0.0689. The molecule has 1 aromatic heterocycles. The summed E-state index contributed by atoms with van der Waals surface area (Å²) in [7, 11) is 1.59. The van der Waals surface area contributed by atoms with Gasteiger partial charge in [0.1, 0.15) is 17.9 Å². The lowest BCUT2D eigenvalue weighted by Crippen LogP contribution is -2.03. The lowest BCUT2D eigenvalue weighted by molar-refractivity contribution is 0.208. The highest BCUT2D eigenvalue weighted by atomic mass is 35.5. The summed E-state index contributed by atoms with van der Waals surface area (Å²) in [5, 5.41) is 17.5. The van der Waals surface area contributed by atoms with E-state index in [-0.39, 0.29) is 6.10 Å². The first-order chi connectivity index (χ1) is 11.7. The van der Waals surface area contributed by atoms with Crippen LogP contribution in [0.5, 0.6) is 11.6 Å². The fraction of sp³-hybridized carbons (Fsp3) is 0.222. The van der Waals surface area contributed by atoms with Gasteiger partial charge >= 0.3 is 0 Å². The maximum atomic E-state index is 9.09. The van der Waals surface area contributed by atoms with E-state index in [1.165, 1.54) is 0 Å². The van der Waals surface area contributed by atoms with Gasteiger partial charge in [-0.25, -0.2) is 0 Å². The normalized spacial score (nSPS) is 16.0. The van der Waals surface area contributed by atoms with Crippen LogP contribution in [0.4, 0.5) is 0 Å². The third-order valence-corrected chi connectivity index (χ3v) is 4.66. The Balaban J connectivity index is 1.66. The minimum Gasteiger partial charge on any atom is -0.486 e. The van der Waals surface area contributed by atoms with Gasteiger partial charge in [-0.05, 0) is 54.3 Å². The van der Waals surface area contributed by atoms with Gasteiger partial charge in [-0.2, -0.15) is 5.26 Å². The standard InChI is InChI=1S/C18H14ClN3O2/c1-23-18-14-7-12(3-4-16(14)21-22-18)24-17-5-2-10-6-11(9-20)15(19)8-13(10)17/h3-4,6-8,17H,2,5H2,1H3,(H,21,22)/t17-/m1/s1. The van der Waals surface area contributed by atoms with Crippen LogP contribution in [0.25, 0.3) is 10.9 Å². The lowest BCUT2D eigenvalue weighted by Gasteiger charge is -2.15. The topological polar surface area (TPSA) is 70.9 Å². The van der Waals surface area contributed by atoms with Gasteiger partial charge < -0.3 is 9.47 Å². The molecule has 0 bridgehead atoms. The number of nitrogens with zero attached hydrogens (tertiary/aromatic N) is 2. The summed E-state index contributed by atoms with van der Waals surface area (Å²) in [4.78, 5) is 0. The number of benzene rings is 2. The van der Waals surface area contributed by atoms with Crippen molar-refractivity contribution >= 4 is 22.5 Å². The van der Waals surface area contributed by atoms with Crippen LogP contribution < -0.4 is 9.47 Å². The van der Waals surface area contributed by atoms with Crippen molar-refractivity contribution in [2.75, 3.05) is 7.11 Å². The van der Waals surface area contributed by atoms with Crippen LogP contribution in [0, 0.1) is 11.3 Å². The highest BCUT2D eigenvalue weighted by molar-refractivity contribution is 6.31. The molecule has 24 heavy (non-hydrogen) atoms. The molecule has 0 unspecified atom stereocenters. The molecule has 0 saturated heterocycles. The molecule has 1 atom stereocenters. The van der Waals surface area contributed by atoms with E-state index in [0.717, 1.165) is 40.6 Å². The molecular formula is C18H14ClN3O2. The number of hydrogen-bond donors (Lipinski definition) is 1. The molecule has 4 rings (SSSR count). The maximum absolute atomic E-state index is 9.09. The molecule has 3 aromatic rings. The zero-order valence-electron chi connectivity index (χ0n) is 13.0. The minimum atomic E-state index is -0.0689. The average molecular weight is 340 g/mol. The highest BCUT2D eigenvalue weighted by Gasteiger charge is 2.26. The van der Waals surface area contributed by atoms with E-state index in [1.807, 2.05) is 30.3 Å².